The molecule has 2 unspecified atom stereocenters. The summed E-state index contributed by atoms with van der Waals surface area (Å²) in [7, 11) is 0. The van der Waals surface area contributed by atoms with Crippen molar-refractivity contribution in [2.75, 3.05) is 11.9 Å². The van der Waals surface area contributed by atoms with Crippen LogP contribution in [0.15, 0.2) is 18.2 Å². The average Bonchev–Trinajstić information content (AvgIpc) is 2.70. The van der Waals surface area contributed by atoms with Gasteiger partial charge in [-0.15, -0.1) is 0 Å². The van der Waals surface area contributed by atoms with Crippen LogP contribution in [0.5, 0.6) is 0 Å². The fourth-order valence-electron chi connectivity index (χ4n) is 2.67. The average molecular weight is 204 g/mol. The maximum absolute atomic E-state index is 10.7. The molecule has 0 aromatic heterocycles. The lowest BCUT2D eigenvalue weighted by molar-refractivity contribution is -0.384. The molecule has 3 rings (SSSR count). The third-order valence-electron chi connectivity index (χ3n) is 3.80. The number of nitro benzene ring substituents is 1. The van der Waals surface area contributed by atoms with E-state index in [1.165, 1.54) is 0 Å². The minimum Gasteiger partial charge on any atom is -0.384 e. The molecule has 2 atom stereocenters. The largest absolute Gasteiger partial charge is 0.384 e. The molecule has 1 aromatic carbocycles. The van der Waals surface area contributed by atoms with Crippen molar-refractivity contribution in [3.05, 3.63) is 33.9 Å². The molecule has 1 aliphatic heterocycles. The first-order valence-corrected chi connectivity index (χ1v) is 5.16. The standard InChI is InChI=1S/C11H12N2O2/c1-7-5-11(7)6-12-10-3-2-8(13(14)15)4-9(10)11/h2-4,7,12H,5-6H2,1H3. The minimum atomic E-state index is -0.320. The van der Waals surface area contributed by atoms with Crippen LogP contribution in [-0.2, 0) is 5.41 Å². The van der Waals surface area contributed by atoms with Crippen LogP contribution in [0, 0.1) is 16.0 Å². The van der Waals surface area contributed by atoms with Crippen LogP contribution in [0.1, 0.15) is 18.9 Å². The number of nitrogens with one attached hydrogen (secondary N) is 1. The van der Waals surface area contributed by atoms with E-state index < -0.39 is 0 Å². The lowest BCUT2D eigenvalue weighted by atomic mass is 9.95. The molecule has 1 N–H and O–H groups in total. The van der Waals surface area contributed by atoms with Gasteiger partial charge in [0.25, 0.3) is 5.69 Å². The summed E-state index contributed by atoms with van der Waals surface area (Å²) in [5, 5.41) is 14.0. The van der Waals surface area contributed by atoms with Crippen molar-refractivity contribution in [2.45, 2.75) is 18.8 Å². The molecule has 1 aliphatic carbocycles. The number of hydrogen-bond acceptors (Lipinski definition) is 3. The highest BCUT2D eigenvalue weighted by Gasteiger charge is 2.56. The number of hydrogen-bond donors (Lipinski definition) is 1. The molecule has 0 radical (unpaired) electrons. The Morgan fingerprint density at radius 1 is 1.60 bits per heavy atom. The summed E-state index contributed by atoms with van der Waals surface area (Å²) in [5.74, 6) is 0.647. The van der Waals surface area contributed by atoms with Gasteiger partial charge in [0, 0.05) is 29.8 Å². The molecule has 1 saturated carbocycles. The Morgan fingerprint density at radius 3 is 2.93 bits per heavy atom. The predicted molar refractivity (Wildman–Crippen MR) is 57.0 cm³/mol. The zero-order chi connectivity index (χ0) is 10.6. The third kappa shape index (κ3) is 1.02. The van der Waals surface area contributed by atoms with Gasteiger partial charge in [0.1, 0.15) is 0 Å². The molecule has 15 heavy (non-hydrogen) atoms. The first-order valence-electron chi connectivity index (χ1n) is 5.16. The summed E-state index contributed by atoms with van der Waals surface area (Å²) in [5.41, 5.74) is 2.62. The quantitative estimate of drug-likeness (QED) is 0.564. The Morgan fingerprint density at radius 2 is 2.33 bits per heavy atom. The van der Waals surface area contributed by atoms with Gasteiger partial charge in [-0.25, -0.2) is 0 Å². The normalized spacial score (nSPS) is 31.1. The lowest BCUT2D eigenvalue weighted by Gasteiger charge is -2.06. The smallest absolute Gasteiger partial charge is 0.269 e. The fourth-order valence-corrected chi connectivity index (χ4v) is 2.67. The van der Waals surface area contributed by atoms with E-state index >= 15 is 0 Å². The topological polar surface area (TPSA) is 55.2 Å². The first kappa shape index (κ1) is 8.71. The molecule has 1 aromatic rings. The van der Waals surface area contributed by atoms with Crippen LogP contribution in [0.4, 0.5) is 11.4 Å². The number of nitrogens with zero attached hydrogens (tertiary/aromatic N) is 1. The van der Waals surface area contributed by atoms with E-state index in [2.05, 4.69) is 12.2 Å². The van der Waals surface area contributed by atoms with E-state index in [9.17, 15) is 10.1 Å². The molecule has 4 nitrogen and oxygen atoms in total. The highest BCUT2D eigenvalue weighted by molar-refractivity contribution is 5.66. The van der Waals surface area contributed by atoms with E-state index in [1.807, 2.05) is 6.07 Å². The van der Waals surface area contributed by atoms with Crippen molar-refractivity contribution < 1.29 is 4.92 Å². The number of rotatable bonds is 1. The Balaban J connectivity index is 2.11. The molecular weight excluding hydrogens is 192 g/mol. The van der Waals surface area contributed by atoms with Crippen LogP contribution in [0.25, 0.3) is 0 Å². The van der Waals surface area contributed by atoms with E-state index in [4.69, 9.17) is 0 Å². The van der Waals surface area contributed by atoms with Gasteiger partial charge in [0.15, 0.2) is 0 Å². The summed E-state index contributed by atoms with van der Waals surface area (Å²) in [6, 6.07) is 5.13. The van der Waals surface area contributed by atoms with E-state index in [0.29, 0.717) is 5.92 Å². The van der Waals surface area contributed by atoms with Crippen molar-refractivity contribution in [3.63, 3.8) is 0 Å². The maximum atomic E-state index is 10.7. The van der Waals surface area contributed by atoms with Gasteiger partial charge in [-0.05, 0) is 24.0 Å². The molecule has 4 heteroatoms. The lowest BCUT2D eigenvalue weighted by Crippen LogP contribution is -2.11. The summed E-state index contributed by atoms with van der Waals surface area (Å²) < 4.78 is 0. The van der Waals surface area contributed by atoms with Crippen LogP contribution < -0.4 is 5.32 Å². The van der Waals surface area contributed by atoms with Crippen molar-refractivity contribution >= 4 is 11.4 Å². The van der Waals surface area contributed by atoms with E-state index in [-0.39, 0.29) is 16.0 Å². The molecule has 0 amide bonds. The van der Waals surface area contributed by atoms with Gasteiger partial charge < -0.3 is 5.32 Å². The van der Waals surface area contributed by atoms with Crippen molar-refractivity contribution in [1.82, 2.24) is 0 Å². The Hall–Kier alpha value is -1.58. The predicted octanol–water partition coefficient (Wildman–Crippen LogP) is 2.30. The summed E-state index contributed by atoms with van der Waals surface area (Å²) in [6.45, 7) is 3.14. The first-order chi connectivity index (χ1) is 7.13. The second-order valence-electron chi connectivity index (χ2n) is 4.60. The van der Waals surface area contributed by atoms with Gasteiger partial charge in [-0.1, -0.05) is 6.92 Å². The Labute approximate surface area is 87.4 Å². The zero-order valence-electron chi connectivity index (χ0n) is 8.49. The molecule has 1 heterocycles. The molecule has 0 bridgehead atoms. The van der Waals surface area contributed by atoms with Crippen molar-refractivity contribution in [2.24, 2.45) is 5.92 Å². The zero-order valence-corrected chi connectivity index (χ0v) is 8.49. The number of non-ortho nitro benzene ring substituents is 1. The van der Waals surface area contributed by atoms with Gasteiger partial charge >= 0.3 is 0 Å². The van der Waals surface area contributed by atoms with E-state index in [0.717, 1.165) is 24.2 Å². The second-order valence-corrected chi connectivity index (χ2v) is 4.60. The van der Waals surface area contributed by atoms with Gasteiger partial charge in [0.2, 0.25) is 0 Å². The highest BCUT2D eigenvalue weighted by atomic mass is 16.6. The molecule has 1 spiro atoms. The summed E-state index contributed by atoms with van der Waals surface area (Å²) in [4.78, 5) is 10.4. The van der Waals surface area contributed by atoms with E-state index in [1.54, 1.807) is 12.1 Å². The molecular formula is C11H12N2O2. The second kappa shape index (κ2) is 2.51. The fraction of sp³-hybridized carbons (Fsp3) is 0.455. The minimum absolute atomic E-state index is 0.196. The van der Waals surface area contributed by atoms with Crippen LogP contribution in [-0.4, -0.2) is 11.5 Å². The summed E-state index contributed by atoms with van der Waals surface area (Å²) in [6.07, 6.45) is 1.15. The molecule has 0 saturated heterocycles. The SMILES string of the molecule is CC1CC12CNc1ccc([N+](=O)[O-])cc12. The maximum Gasteiger partial charge on any atom is 0.269 e. The number of benzene rings is 1. The molecule has 1 fully saturated rings. The summed E-state index contributed by atoms with van der Waals surface area (Å²) >= 11 is 0. The van der Waals surface area contributed by atoms with Gasteiger partial charge in [-0.3, -0.25) is 10.1 Å². The van der Waals surface area contributed by atoms with Crippen LogP contribution in [0.2, 0.25) is 0 Å². The van der Waals surface area contributed by atoms with Crippen molar-refractivity contribution in [3.8, 4) is 0 Å². The number of nitro groups is 1. The Bertz CT molecular complexity index is 458. The van der Waals surface area contributed by atoms with Crippen molar-refractivity contribution in [1.29, 1.82) is 0 Å². The number of anilines is 1. The molecule has 78 valence electrons. The van der Waals surface area contributed by atoms with Crippen LogP contribution >= 0.6 is 0 Å². The van der Waals surface area contributed by atoms with Gasteiger partial charge in [0.05, 0.1) is 4.92 Å². The Kier molecular flexibility index (Phi) is 1.45. The van der Waals surface area contributed by atoms with Gasteiger partial charge in [-0.2, -0.15) is 0 Å². The monoisotopic (exact) mass is 204 g/mol. The number of fused-ring (bicyclic) bond motifs is 2. The molecule has 2 aliphatic rings. The van der Waals surface area contributed by atoms with Crippen LogP contribution in [0.3, 0.4) is 0 Å². The third-order valence-corrected chi connectivity index (χ3v) is 3.80. The highest BCUT2D eigenvalue weighted by Crippen LogP contribution is 2.59.